The van der Waals surface area contributed by atoms with Crippen LogP contribution in [-0.4, -0.2) is 31.1 Å². The number of halogens is 1. The Morgan fingerprint density at radius 3 is 2.89 bits per heavy atom. The van der Waals surface area contributed by atoms with Crippen molar-refractivity contribution in [3.8, 4) is 0 Å². The Morgan fingerprint density at radius 1 is 1.26 bits per heavy atom. The van der Waals surface area contributed by atoms with E-state index < -0.39 is 0 Å². The highest BCUT2D eigenvalue weighted by atomic mass is 19.1. The molecule has 3 heteroatoms. The van der Waals surface area contributed by atoms with E-state index in [0.29, 0.717) is 0 Å². The van der Waals surface area contributed by atoms with Crippen LogP contribution in [0, 0.1) is 5.82 Å². The largest absolute Gasteiger partial charge is 0.315 e. The minimum absolute atomic E-state index is 0.0548. The molecule has 0 saturated carbocycles. The van der Waals surface area contributed by atoms with Gasteiger partial charge in [0, 0.05) is 31.2 Å². The highest BCUT2D eigenvalue weighted by molar-refractivity contribution is 5.21. The predicted molar refractivity (Wildman–Crippen MR) is 77.7 cm³/mol. The summed E-state index contributed by atoms with van der Waals surface area (Å²) in [6.45, 7) is 6.37. The van der Waals surface area contributed by atoms with Crippen molar-refractivity contribution in [2.45, 2.75) is 38.6 Å². The highest BCUT2D eigenvalue weighted by Crippen LogP contribution is 2.28. The fraction of sp³-hybridized carbons (Fsp3) is 0.625. The lowest BCUT2D eigenvalue weighted by Gasteiger charge is -2.31. The lowest BCUT2D eigenvalue weighted by molar-refractivity contribution is 0.193. The lowest BCUT2D eigenvalue weighted by Crippen LogP contribution is -2.32. The standard InChI is InChI=1S/C16H25FN2/c1-2-3-9-16(14-7-4-5-8-15(14)17)19-12-6-10-18-11-13-19/h4-5,7-8,16,18H,2-3,6,9-13H2,1H3. The average molecular weight is 264 g/mol. The van der Waals surface area contributed by atoms with Crippen molar-refractivity contribution in [1.82, 2.24) is 10.2 Å². The van der Waals surface area contributed by atoms with Gasteiger partial charge in [-0.1, -0.05) is 38.0 Å². The Balaban J connectivity index is 2.16. The van der Waals surface area contributed by atoms with Crippen LogP contribution in [-0.2, 0) is 0 Å². The minimum Gasteiger partial charge on any atom is -0.315 e. The molecule has 1 aromatic carbocycles. The summed E-state index contributed by atoms with van der Waals surface area (Å²) in [6, 6.07) is 7.51. The van der Waals surface area contributed by atoms with Gasteiger partial charge < -0.3 is 5.32 Å². The van der Waals surface area contributed by atoms with Crippen molar-refractivity contribution >= 4 is 0 Å². The maximum atomic E-state index is 14.1. The van der Waals surface area contributed by atoms with Crippen LogP contribution in [0.3, 0.4) is 0 Å². The number of hydrogen-bond acceptors (Lipinski definition) is 2. The zero-order valence-corrected chi connectivity index (χ0v) is 11.9. The van der Waals surface area contributed by atoms with Crippen LogP contribution in [0.15, 0.2) is 24.3 Å². The third-order valence-electron chi connectivity index (χ3n) is 3.91. The molecule has 1 fully saturated rings. The van der Waals surface area contributed by atoms with Crippen LogP contribution in [0.1, 0.15) is 44.2 Å². The Labute approximate surface area is 116 Å². The van der Waals surface area contributed by atoms with E-state index in [4.69, 9.17) is 0 Å². The Bertz CT molecular complexity index is 373. The van der Waals surface area contributed by atoms with Crippen molar-refractivity contribution in [2.24, 2.45) is 0 Å². The molecule has 2 rings (SSSR count). The third-order valence-corrected chi connectivity index (χ3v) is 3.91. The van der Waals surface area contributed by atoms with Gasteiger partial charge in [-0.2, -0.15) is 0 Å². The first kappa shape index (κ1) is 14.5. The second-order valence-electron chi connectivity index (χ2n) is 5.32. The maximum absolute atomic E-state index is 14.1. The van der Waals surface area contributed by atoms with E-state index in [-0.39, 0.29) is 11.9 Å². The van der Waals surface area contributed by atoms with Crippen LogP contribution in [0.4, 0.5) is 4.39 Å². The summed E-state index contributed by atoms with van der Waals surface area (Å²) in [5.41, 5.74) is 0.873. The molecule has 1 heterocycles. The quantitative estimate of drug-likeness (QED) is 0.877. The van der Waals surface area contributed by atoms with Crippen LogP contribution in [0.2, 0.25) is 0 Å². The van der Waals surface area contributed by atoms with Crippen LogP contribution >= 0.6 is 0 Å². The molecule has 0 amide bonds. The molecule has 0 aliphatic carbocycles. The first-order valence-electron chi connectivity index (χ1n) is 7.52. The van der Waals surface area contributed by atoms with Crippen molar-refractivity contribution in [3.63, 3.8) is 0 Å². The van der Waals surface area contributed by atoms with E-state index in [1.165, 1.54) is 0 Å². The summed E-state index contributed by atoms with van der Waals surface area (Å²) in [5, 5.41) is 3.42. The Hall–Kier alpha value is -0.930. The van der Waals surface area contributed by atoms with E-state index >= 15 is 0 Å². The number of hydrogen-bond donors (Lipinski definition) is 1. The summed E-state index contributed by atoms with van der Waals surface area (Å²) in [7, 11) is 0. The molecule has 19 heavy (non-hydrogen) atoms. The van der Waals surface area contributed by atoms with Crippen LogP contribution in [0.5, 0.6) is 0 Å². The zero-order chi connectivity index (χ0) is 13.5. The Kier molecular flexibility index (Phi) is 5.80. The van der Waals surface area contributed by atoms with Crippen LogP contribution < -0.4 is 5.32 Å². The van der Waals surface area contributed by atoms with Gasteiger partial charge in [0.2, 0.25) is 0 Å². The monoisotopic (exact) mass is 264 g/mol. The molecule has 1 aliphatic heterocycles. The van der Waals surface area contributed by atoms with Gasteiger partial charge in [0.25, 0.3) is 0 Å². The summed E-state index contributed by atoms with van der Waals surface area (Å²) in [4.78, 5) is 2.45. The first-order valence-corrected chi connectivity index (χ1v) is 7.52. The number of rotatable bonds is 5. The van der Waals surface area contributed by atoms with Gasteiger partial charge in [0.05, 0.1) is 0 Å². The molecule has 1 N–H and O–H groups in total. The molecule has 2 nitrogen and oxygen atoms in total. The third kappa shape index (κ3) is 4.02. The zero-order valence-electron chi connectivity index (χ0n) is 11.9. The van der Waals surface area contributed by atoms with Gasteiger partial charge in [0.1, 0.15) is 5.82 Å². The molecular weight excluding hydrogens is 239 g/mol. The summed E-state index contributed by atoms with van der Waals surface area (Å²) in [5.74, 6) is -0.0548. The number of nitrogens with zero attached hydrogens (tertiary/aromatic N) is 1. The summed E-state index contributed by atoms with van der Waals surface area (Å²) in [6.07, 6.45) is 4.52. The van der Waals surface area contributed by atoms with E-state index in [9.17, 15) is 4.39 Å². The number of nitrogens with one attached hydrogen (secondary N) is 1. The molecule has 0 bridgehead atoms. The van der Waals surface area contributed by atoms with Crippen molar-refractivity contribution < 1.29 is 4.39 Å². The molecular formula is C16H25FN2. The van der Waals surface area contributed by atoms with Gasteiger partial charge in [-0.15, -0.1) is 0 Å². The molecule has 1 unspecified atom stereocenters. The van der Waals surface area contributed by atoms with E-state index in [0.717, 1.165) is 57.4 Å². The topological polar surface area (TPSA) is 15.3 Å². The molecule has 1 saturated heterocycles. The highest BCUT2D eigenvalue weighted by Gasteiger charge is 2.23. The molecule has 106 valence electrons. The van der Waals surface area contributed by atoms with Crippen molar-refractivity contribution in [1.29, 1.82) is 0 Å². The van der Waals surface area contributed by atoms with Crippen molar-refractivity contribution in [3.05, 3.63) is 35.6 Å². The van der Waals surface area contributed by atoms with Gasteiger partial charge in [-0.25, -0.2) is 4.39 Å². The normalized spacial score (nSPS) is 19.1. The second-order valence-corrected chi connectivity index (χ2v) is 5.32. The predicted octanol–water partition coefficient (Wildman–Crippen LogP) is 3.35. The molecule has 0 spiro atoms. The first-order chi connectivity index (χ1) is 9.33. The molecule has 1 aromatic rings. The second kappa shape index (κ2) is 7.61. The molecule has 1 aliphatic rings. The minimum atomic E-state index is -0.0548. The molecule has 1 atom stereocenters. The maximum Gasteiger partial charge on any atom is 0.127 e. The van der Waals surface area contributed by atoms with Gasteiger partial charge in [-0.3, -0.25) is 4.90 Å². The van der Waals surface area contributed by atoms with Gasteiger partial charge >= 0.3 is 0 Å². The Morgan fingerprint density at radius 2 is 2.11 bits per heavy atom. The summed E-state index contributed by atoms with van der Waals surface area (Å²) < 4.78 is 14.1. The fourth-order valence-electron chi connectivity index (χ4n) is 2.86. The smallest absolute Gasteiger partial charge is 0.127 e. The summed E-state index contributed by atoms with van der Waals surface area (Å²) >= 11 is 0. The van der Waals surface area contributed by atoms with Crippen LogP contribution in [0.25, 0.3) is 0 Å². The average Bonchev–Trinajstić information content (AvgIpc) is 2.70. The lowest BCUT2D eigenvalue weighted by atomic mass is 9.98. The number of benzene rings is 1. The van der Waals surface area contributed by atoms with E-state index in [1.807, 2.05) is 12.1 Å². The molecule has 0 radical (unpaired) electrons. The van der Waals surface area contributed by atoms with Gasteiger partial charge in [-0.05, 0) is 25.5 Å². The van der Waals surface area contributed by atoms with E-state index in [1.54, 1.807) is 12.1 Å². The number of unbranched alkanes of at least 4 members (excludes halogenated alkanes) is 1. The van der Waals surface area contributed by atoms with Gasteiger partial charge in [0.15, 0.2) is 0 Å². The van der Waals surface area contributed by atoms with Crippen molar-refractivity contribution in [2.75, 3.05) is 26.2 Å². The van der Waals surface area contributed by atoms with E-state index in [2.05, 4.69) is 17.1 Å². The fourth-order valence-corrected chi connectivity index (χ4v) is 2.86. The SMILES string of the molecule is CCCCC(c1ccccc1F)N1CCCNCC1. The molecule has 0 aromatic heterocycles.